The monoisotopic (exact) mass is 326 g/mol. The maximum atomic E-state index is 6.32. The second kappa shape index (κ2) is 5.73. The smallest absolute Gasteiger partial charge is 0.0335 e. The van der Waals surface area contributed by atoms with Crippen molar-refractivity contribution in [3.63, 3.8) is 0 Å². The third-order valence-electron chi connectivity index (χ3n) is 3.46. The minimum atomic E-state index is 0.00504. The average Bonchev–Trinajstić information content (AvgIpc) is 2.47. The molecule has 0 spiro atoms. The minimum absolute atomic E-state index is 0.00504. The van der Waals surface area contributed by atoms with Crippen LogP contribution < -0.4 is 5.73 Å². The van der Waals surface area contributed by atoms with Crippen molar-refractivity contribution in [2.45, 2.75) is 12.5 Å². The minimum Gasteiger partial charge on any atom is -0.324 e. The van der Waals surface area contributed by atoms with E-state index < -0.39 is 0 Å². The molecule has 1 unspecified atom stereocenters. The summed E-state index contributed by atoms with van der Waals surface area (Å²) in [7, 11) is 0. The van der Waals surface area contributed by atoms with Gasteiger partial charge in [-0.25, -0.2) is 0 Å². The molecule has 20 heavy (non-hydrogen) atoms. The number of halogens is 1. The Hall–Kier alpha value is -1.71. The maximum Gasteiger partial charge on any atom is 0.0335 e. The molecule has 0 aliphatic heterocycles. The Morgan fingerprint density at radius 3 is 2.45 bits per heavy atom. The molecule has 0 aliphatic rings. The lowest BCUT2D eigenvalue weighted by Gasteiger charge is -2.13. The van der Waals surface area contributed by atoms with Gasteiger partial charge in [-0.15, -0.1) is 0 Å². The number of nitrogens with two attached hydrogens (primary N) is 1. The van der Waals surface area contributed by atoms with Crippen molar-refractivity contribution in [1.29, 1.82) is 0 Å². The zero-order chi connectivity index (χ0) is 13.9. The summed E-state index contributed by atoms with van der Waals surface area (Å²) in [5.41, 5.74) is 8.69. The van der Waals surface area contributed by atoms with E-state index in [1.165, 1.54) is 16.3 Å². The molecule has 1 aromatic heterocycles. The van der Waals surface area contributed by atoms with Gasteiger partial charge in [-0.3, -0.25) is 4.98 Å². The van der Waals surface area contributed by atoms with E-state index in [9.17, 15) is 0 Å². The van der Waals surface area contributed by atoms with Crippen molar-refractivity contribution < 1.29 is 0 Å². The zero-order valence-electron chi connectivity index (χ0n) is 11.0. The second-order valence-corrected chi connectivity index (χ2v) is 5.83. The van der Waals surface area contributed by atoms with Gasteiger partial charge in [-0.1, -0.05) is 34.1 Å². The van der Waals surface area contributed by atoms with Crippen LogP contribution in [-0.4, -0.2) is 4.98 Å². The molecule has 3 aromatic rings. The lowest BCUT2D eigenvalue weighted by atomic mass is 9.98. The van der Waals surface area contributed by atoms with Crippen LogP contribution in [0, 0.1) is 0 Å². The fourth-order valence-electron chi connectivity index (χ4n) is 2.36. The molecule has 2 N–H and O–H groups in total. The molecule has 0 bridgehead atoms. The summed E-state index contributed by atoms with van der Waals surface area (Å²) in [4.78, 5) is 4.03. The first-order valence-corrected chi connectivity index (χ1v) is 7.35. The highest BCUT2D eigenvalue weighted by Crippen LogP contribution is 2.24. The Kier molecular flexibility index (Phi) is 3.81. The SMILES string of the molecule is NC(Cc1ccncc1)c1ccc2cc(Br)ccc2c1. The van der Waals surface area contributed by atoms with Crippen molar-refractivity contribution in [2.75, 3.05) is 0 Å². The highest BCUT2D eigenvalue weighted by atomic mass is 79.9. The molecule has 1 atom stereocenters. The molecule has 3 heteroatoms. The number of hydrogen-bond donors (Lipinski definition) is 1. The van der Waals surface area contributed by atoms with Crippen LogP contribution in [0.2, 0.25) is 0 Å². The van der Waals surface area contributed by atoms with Crippen LogP contribution in [0.4, 0.5) is 0 Å². The highest BCUT2D eigenvalue weighted by molar-refractivity contribution is 9.10. The number of rotatable bonds is 3. The fourth-order valence-corrected chi connectivity index (χ4v) is 2.74. The molecule has 2 nitrogen and oxygen atoms in total. The lowest BCUT2D eigenvalue weighted by Crippen LogP contribution is -2.13. The Morgan fingerprint density at radius 2 is 1.65 bits per heavy atom. The molecule has 2 aromatic carbocycles. The average molecular weight is 327 g/mol. The third-order valence-corrected chi connectivity index (χ3v) is 3.95. The molecule has 0 saturated carbocycles. The van der Waals surface area contributed by atoms with Crippen LogP contribution in [-0.2, 0) is 6.42 Å². The Morgan fingerprint density at radius 1 is 0.950 bits per heavy atom. The topological polar surface area (TPSA) is 38.9 Å². The number of nitrogens with zero attached hydrogens (tertiary/aromatic N) is 1. The summed E-state index contributed by atoms with van der Waals surface area (Å²) >= 11 is 3.49. The van der Waals surface area contributed by atoms with E-state index in [0.717, 1.165) is 16.5 Å². The molecule has 3 rings (SSSR count). The predicted octanol–water partition coefficient (Wildman–Crippen LogP) is 4.24. The summed E-state index contributed by atoms with van der Waals surface area (Å²) in [6, 6.07) is 16.7. The predicted molar refractivity (Wildman–Crippen MR) is 86.5 cm³/mol. The van der Waals surface area contributed by atoms with Crippen LogP contribution >= 0.6 is 15.9 Å². The first-order chi connectivity index (χ1) is 9.72. The summed E-state index contributed by atoms with van der Waals surface area (Å²) in [5, 5.41) is 2.44. The first-order valence-electron chi connectivity index (χ1n) is 6.56. The zero-order valence-corrected chi connectivity index (χ0v) is 12.5. The van der Waals surface area contributed by atoms with E-state index in [0.29, 0.717) is 0 Å². The molecule has 0 amide bonds. The van der Waals surface area contributed by atoms with E-state index in [4.69, 9.17) is 5.73 Å². The first kappa shape index (κ1) is 13.3. The molecular weight excluding hydrogens is 312 g/mol. The summed E-state index contributed by atoms with van der Waals surface area (Å²) in [6.07, 6.45) is 4.44. The van der Waals surface area contributed by atoms with Gasteiger partial charge in [-0.2, -0.15) is 0 Å². The van der Waals surface area contributed by atoms with Crippen molar-refractivity contribution in [3.05, 3.63) is 76.5 Å². The molecular formula is C17H15BrN2. The van der Waals surface area contributed by atoms with Crippen LogP contribution in [0.3, 0.4) is 0 Å². The number of fused-ring (bicyclic) bond motifs is 1. The van der Waals surface area contributed by atoms with Crippen LogP contribution in [0.5, 0.6) is 0 Å². The van der Waals surface area contributed by atoms with Crippen molar-refractivity contribution in [2.24, 2.45) is 5.73 Å². The quantitative estimate of drug-likeness (QED) is 0.781. The van der Waals surface area contributed by atoms with Gasteiger partial charge in [0.2, 0.25) is 0 Å². The number of hydrogen-bond acceptors (Lipinski definition) is 2. The van der Waals surface area contributed by atoms with Gasteiger partial charge in [0, 0.05) is 22.9 Å². The fraction of sp³-hybridized carbons (Fsp3) is 0.118. The van der Waals surface area contributed by atoms with E-state index in [2.05, 4.69) is 57.3 Å². The highest BCUT2D eigenvalue weighted by Gasteiger charge is 2.08. The number of benzene rings is 2. The van der Waals surface area contributed by atoms with Gasteiger partial charge in [-0.05, 0) is 58.7 Å². The van der Waals surface area contributed by atoms with E-state index in [1.807, 2.05) is 12.1 Å². The molecule has 0 saturated heterocycles. The van der Waals surface area contributed by atoms with Crippen LogP contribution in [0.1, 0.15) is 17.2 Å². The van der Waals surface area contributed by atoms with Gasteiger partial charge in [0.1, 0.15) is 0 Å². The second-order valence-electron chi connectivity index (χ2n) is 4.92. The van der Waals surface area contributed by atoms with Gasteiger partial charge >= 0.3 is 0 Å². The Bertz CT molecular complexity index is 725. The lowest BCUT2D eigenvalue weighted by molar-refractivity contribution is 0.722. The van der Waals surface area contributed by atoms with E-state index in [1.54, 1.807) is 12.4 Å². The van der Waals surface area contributed by atoms with Crippen molar-refractivity contribution in [1.82, 2.24) is 4.98 Å². The van der Waals surface area contributed by atoms with E-state index in [-0.39, 0.29) is 6.04 Å². The summed E-state index contributed by atoms with van der Waals surface area (Å²) in [5.74, 6) is 0. The van der Waals surface area contributed by atoms with E-state index >= 15 is 0 Å². The van der Waals surface area contributed by atoms with Gasteiger partial charge < -0.3 is 5.73 Å². The molecule has 0 fully saturated rings. The third kappa shape index (κ3) is 2.89. The summed E-state index contributed by atoms with van der Waals surface area (Å²) < 4.78 is 1.10. The molecule has 0 aliphatic carbocycles. The van der Waals surface area contributed by atoms with Crippen molar-refractivity contribution >= 4 is 26.7 Å². The van der Waals surface area contributed by atoms with Crippen LogP contribution in [0.15, 0.2) is 65.4 Å². The number of aromatic nitrogens is 1. The standard InChI is InChI=1S/C17H15BrN2/c18-16-4-3-13-10-15(2-1-14(13)11-16)17(19)9-12-5-7-20-8-6-12/h1-8,10-11,17H,9,19H2. The Balaban J connectivity index is 1.88. The largest absolute Gasteiger partial charge is 0.324 e. The Labute approximate surface area is 126 Å². The maximum absolute atomic E-state index is 6.32. The van der Waals surface area contributed by atoms with Crippen LogP contribution in [0.25, 0.3) is 10.8 Å². The number of pyridine rings is 1. The molecule has 1 heterocycles. The van der Waals surface area contributed by atoms with Crippen molar-refractivity contribution in [3.8, 4) is 0 Å². The van der Waals surface area contributed by atoms with Gasteiger partial charge in [0.15, 0.2) is 0 Å². The normalized spacial score (nSPS) is 12.5. The van der Waals surface area contributed by atoms with Gasteiger partial charge in [0.25, 0.3) is 0 Å². The molecule has 100 valence electrons. The van der Waals surface area contributed by atoms with Gasteiger partial charge in [0.05, 0.1) is 0 Å². The summed E-state index contributed by atoms with van der Waals surface area (Å²) in [6.45, 7) is 0. The molecule has 0 radical (unpaired) electrons.